The van der Waals surface area contributed by atoms with Gasteiger partial charge in [-0.1, -0.05) is 0 Å². The van der Waals surface area contributed by atoms with E-state index >= 15 is 0 Å². The maximum atomic E-state index is 12.2. The second-order valence-corrected chi connectivity index (χ2v) is 6.08. The molecule has 4 N–H and O–H groups in total. The average molecular weight is 359 g/mol. The van der Waals surface area contributed by atoms with Gasteiger partial charge in [-0.25, -0.2) is 23.1 Å². The summed E-state index contributed by atoms with van der Waals surface area (Å²) in [6, 6.07) is 2.59. The van der Waals surface area contributed by atoms with Crippen molar-refractivity contribution in [2.45, 2.75) is 17.9 Å². The monoisotopic (exact) mass is 359 g/mol. The molecule has 0 saturated carbocycles. The van der Waals surface area contributed by atoms with Crippen LogP contribution in [0.5, 0.6) is 5.75 Å². The molecule has 0 fully saturated rings. The molecule has 0 saturated heterocycles. The van der Waals surface area contributed by atoms with E-state index in [0.717, 1.165) is 12.1 Å². The highest BCUT2D eigenvalue weighted by Crippen LogP contribution is 2.23. The van der Waals surface area contributed by atoms with Gasteiger partial charge in [-0.15, -0.1) is 0 Å². The molecule has 11 heteroatoms. The van der Waals surface area contributed by atoms with E-state index < -0.39 is 34.0 Å². The Bertz CT molecular complexity index is 761. The third kappa shape index (κ3) is 4.93. The van der Waals surface area contributed by atoms with E-state index in [2.05, 4.69) is 5.32 Å². The van der Waals surface area contributed by atoms with Crippen LogP contribution in [-0.4, -0.2) is 46.6 Å². The summed E-state index contributed by atoms with van der Waals surface area (Å²) in [5.74, 6) is -1.84. The fourth-order valence-corrected chi connectivity index (χ4v) is 2.12. The van der Waals surface area contributed by atoms with Crippen molar-refractivity contribution < 1.29 is 32.3 Å². The molecule has 132 valence electrons. The lowest BCUT2D eigenvalue weighted by Crippen LogP contribution is -2.43. The number of carbonyl (C=O) groups excluding carboxylic acids is 3. The Kier molecular flexibility index (Phi) is 6.26. The van der Waals surface area contributed by atoms with Crippen molar-refractivity contribution in [2.75, 3.05) is 14.2 Å². The van der Waals surface area contributed by atoms with Crippen LogP contribution in [0.2, 0.25) is 0 Å². The fraction of sp³-hybridized carbons (Fsp3) is 0.308. The van der Waals surface area contributed by atoms with Crippen LogP contribution >= 0.6 is 0 Å². The predicted octanol–water partition coefficient (Wildman–Crippen LogP) is -0.656. The number of rotatable bonds is 5. The Morgan fingerprint density at radius 2 is 1.88 bits per heavy atom. The van der Waals surface area contributed by atoms with Crippen LogP contribution in [0.3, 0.4) is 0 Å². The molecular weight excluding hydrogens is 342 g/mol. The first-order chi connectivity index (χ1) is 11.1. The number of urea groups is 1. The zero-order valence-corrected chi connectivity index (χ0v) is 14.0. The number of amides is 3. The van der Waals surface area contributed by atoms with Crippen molar-refractivity contribution in [1.29, 1.82) is 0 Å². The maximum absolute atomic E-state index is 12.2. The van der Waals surface area contributed by atoms with E-state index in [4.69, 9.17) is 14.6 Å². The van der Waals surface area contributed by atoms with Crippen LogP contribution in [0.4, 0.5) is 4.79 Å². The summed E-state index contributed by atoms with van der Waals surface area (Å²) in [7, 11) is -1.47. The van der Waals surface area contributed by atoms with Gasteiger partial charge in [0.2, 0.25) is 10.0 Å². The molecule has 0 aliphatic heterocycles. The van der Waals surface area contributed by atoms with E-state index in [1.807, 2.05) is 5.32 Å². The zero-order valence-electron chi connectivity index (χ0n) is 13.2. The van der Waals surface area contributed by atoms with Crippen LogP contribution in [0.25, 0.3) is 0 Å². The van der Waals surface area contributed by atoms with Crippen LogP contribution < -0.4 is 20.5 Å². The maximum Gasteiger partial charge on any atom is 0.342 e. The Hall–Kier alpha value is -2.66. The number of esters is 1. The van der Waals surface area contributed by atoms with E-state index in [1.165, 1.54) is 27.1 Å². The summed E-state index contributed by atoms with van der Waals surface area (Å²) < 4.78 is 32.6. The van der Waals surface area contributed by atoms with E-state index in [0.29, 0.717) is 0 Å². The molecular formula is C13H17N3O7S. The van der Waals surface area contributed by atoms with Gasteiger partial charge in [-0.2, -0.15) is 0 Å². The molecule has 24 heavy (non-hydrogen) atoms. The quantitative estimate of drug-likeness (QED) is 0.590. The third-order valence-electron chi connectivity index (χ3n) is 2.84. The van der Waals surface area contributed by atoms with Gasteiger partial charge in [-0.05, 0) is 25.1 Å². The summed E-state index contributed by atoms with van der Waals surface area (Å²) >= 11 is 0. The molecule has 1 aromatic rings. The smallest absolute Gasteiger partial charge is 0.342 e. The Balaban J connectivity index is 3.02. The number of nitrogens with one attached hydrogen (secondary N) is 2. The van der Waals surface area contributed by atoms with Crippen LogP contribution in [0.1, 0.15) is 17.3 Å². The molecule has 0 unspecified atom stereocenters. The van der Waals surface area contributed by atoms with Crippen LogP contribution in [-0.2, 0) is 19.6 Å². The van der Waals surface area contributed by atoms with Gasteiger partial charge in [0.1, 0.15) is 11.3 Å². The van der Waals surface area contributed by atoms with Crippen molar-refractivity contribution in [1.82, 2.24) is 10.6 Å². The van der Waals surface area contributed by atoms with E-state index in [-0.39, 0.29) is 16.2 Å². The molecule has 0 aliphatic carbocycles. The lowest BCUT2D eigenvalue weighted by atomic mass is 10.2. The van der Waals surface area contributed by atoms with E-state index in [1.54, 1.807) is 0 Å². The van der Waals surface area contributed by atoms with Crippen molar-refractivity contribution in [3.63, 3.8) is 0 Å². The molecule has 1 rings (SSSR count). The highest BCUT2D eigenvalue weighted by atomic mass is 32.2. The largest absolute Gasteiger partial charge is 0.496 e. The Labute approximate surface area is 138 Å². The first kappa shape index (κ1) is 19.4. The number of imide groups is 1. The van der Waals surface area contributed by atoms with Gasteiger partial charge in [0, 0.05) is 7.05 Å². The molecule has 1 aromatic carbocycles. The normalized spacial score (nSPS) is 12.0. The lowest BCUT2D eigenvalue weighted by molar-refractivity contribution is -0.127. The summed E-state index contributed by atoms with van der Waals surface area (Å²) in [5, 5.41) is 9.11. The van der Waals surface area contributed by atoms with Crippen molar-refractivity contribution in [2.24, 2.45) is 5.14 Å². The van der Waals surface area contributed by atoms with Gasteiger partial charge in [0.25, 0.3) is 5.91 Å². The first-order valence-corrected chi connectivity index (χ1v) is 8.09. The number of primary sulfonamides is 1. The Morgan fingerprint density at radius 1 is 1.25 bits per heavy atom. The number of nitrogens with two attached hydrogens (primary N) is 1. The zero-order chi connectivity index (χ0) is 18.5. The third-order valence-corrected chi connectivity index (χ3v) is 3.75. The SMILES string of the molecule is CNC(=O)NC(=O)[C@H](C)OC(=O)c1cc(S(N)(=O)=O)ccc1OC. The standard InChI is InChI=1S/C13H17N3O7S/c1-7(11(17)16-13(19)15-2)23-12(18)9-6-8(24(14,20)21)4-5-10(9)22-3/h4-7H,1-3H3,(H2,14,20,21)(H2,15,16,17,19)/t7-/m0/s1. The molecule has 3 amide bonds. The second-order valence-electron chi connectivity index (χ2n) is 4.52. The molecule has 0 aliphatic rings. The number of carbonyl (C=O) groups is 3. The van der Waals surface area contributed by atoms with Gasteiger partial charge in [-0.3, -0.25) is 10.1 Å². The van der Waals surface area contributed by atoms with Gasteiger partial charge in [0.05, 0.1) is 12.0 Å². The fourth-order valence-electron chi connectivity index (χ4n) is 1.58. The summed E-state index contributed by atoms with van der Waals surface area (Å²) in [6.07, 6.45) is -1.31. The molecule has 0 aromatic heterocycles. The number of methoxy groups -OCH3 is 1. The Morgan fingerprint density at radius 3 is 2.38 bits per heavy atom. The van der Waals surface area contributed by atoms with Crippen molar-refractivity contribution in [3.05, 3.63) is 23.8 Å². The van der Waals surface area contributed by atoms with Crippen molar-refractivity contribution >= 4 is 27.9 Å². The summed E-state index contributed by atoms with van der Waals surface area (Å²) in [5.41, 5.74) is -0.233. The molecule has 0 bridgehead atoms. The van der Waals surface area contributed by atoms with Gasteiger partial charge < -0.3 is 14.8 Å². The second kappa shape index (κ2) is 7.75. The van der Waals surface area contributed by atoms with Crippen LogP contribution in [0, 0.1) is 0 Å². The average Bonchev–Trinajstić information content (AvgIpc) is 2.52. The molecule has 0 spiro atoms. The number of hydrogen-bond acceptors (Lipinski definition) is 7. The highest BCUT2D eigenvalue weighted by Gasteiger charge is 2.24. The van der Waals surface area contributed by atoms with Gasteiger partial charge in [0.15, 0.2) is 6.10 Å². The molecule has 0 heterocycles. The lowest BCUT2D eigenvalue weighted by Gasteiger charge is -2.14. The highest BCUT2D eigenvalue weighted by molar-refractivity contribution is 7.89. The first-order valence-electron chi connectivity index (χ1n) is 6.54. The summed E-state index contributed by atoms with van der Waals surface area (Å²) in [4.78, 5) is 34.6. The van der Waals surface area contributed by atoms with Crippen molar-refractivity contribution in [3.8, 4) is 5.75 Å². The minimum absolute atomic E-state index is 0.0336. The minimum Gasteiger partial charge on any atom is -0.496 e. The molecule has 10 nitrogen and oxygen atoms in total. The molecule has 0 radical (unpaired) electrons. The molecule has 1 atom stereocenters. The number of ether oxygens (including phenoxy) is 2. The topological polar surface area (TPSA) is 154 Å². The minimum atomic E-state index is -4.04. The van der Waals surface area contributed by atoms with E-state index in [9.17, 15) is 22.8 Å². The number of hydrogen-bond donors (Lipinski definition) is 3. The predicted molar refractivity (Wildman–Crippen MR) is 81.8 cm³/mol. The summed E-state index contributed by atoms with van der Waals surface area (Å²) in [6.45, 7) is 1.24. The number of benzene rings is 1. The van der Waals surface area contributed by atoms with Gasteiger partial charge >= 0.3 is 12.0 Å². The van der Waals surface area contributed by atoms with Crippen LogP contribution in [0.15, 0.2) is 23.1 Å². The number of sulfonamides is 1.